The number of para-hydroxylation sites is 1. The molecule has 1 aromatic carbocycles. The Morgan fingerprint density at radius 3 is 2.32 bits per heavy atom. The number of nitrogens with zero attached hydrogens (tertiary/aromatic N) is 1. The lowest BCUT2D eigenvalue weighted by Crippen LogP contribution is -2.58. The number of β-amino-alcohol motifs (C(OH)–C–C–N with tert-alkyl or cyclic N) is 1. The molecule has 0 atom stereocenters. The van der Waals surface area contributed by atoms with E-state index in [4.69, 9.17) is 23.7 Å². The van der Waals surface area contributed by atoms with Gasteiger partial charge in [-0.25, -0.2) is 0 Å². The molecule has 2 rings (SSSR count). The number of aliphatic hydroxyl groups is 1. The zero-order valence-corrected chi connectivity index (χ0v) is 11.6. The van der Waals surface area contributed by atoms with Crippen LogP contribution in [0.15, 0.2) is 24.3 Å². The summed E-state index contributed by atoms with van der Waals surface area (Å²) in [6, 6.07) is 8.47. The molecule has 0 saturated heterocycles. The third-order valence-corrected chi connectivity index (χ3v) is 2.93. The lowest BCUT2D eigenvalue weighted by Gasteiger charge is -2.21. The van der Waals surface area contributed by atoms with E-state index in [1.165, 1.54) is 11.3 Å². The molecule has 1 aliphatic rings. The first-order valence-corrected chi connectivity index (χ1v) is 7.00. The maximum absolute atomic E-state index is 8.98. The van der Waals surface area contributed by atoms with Crippen LogP contribution in [0.5, 0.6) is 0 Å². The molecule has 1 aromatic rings. The van der Waals surface area contributed by atoms with E-state index in [-0.39, 0.29) is 12.0 Å². The predicted molar refractivity (Wildman–Crippen MR) is 61.0 cm³/mol. The van der Waals surface area contributed by atoms with Gasteiger partial charge in [-0.05, 0) is 11.6 Å². The Bertz CT molecular complexity index is 413. The van der Waals surface area contributed by atoms with Gasteiger partial charge in [0, 0.05) is 24.2 Å². The second-order valence-corrected chi connectivity index (χ2v) is 5.73. The number of fused-ring (bicyclic) bond motifs is 1. The van der Waals surface area contributed by atoms with Crippen LogP contribution in [0.4, 0.5) is 5.69 Å². The molecule has 7 heteroatoms. The summed E-state index contributed by atoms with van der Waals surface area (Å²) >= 11 is 0. The maximum atomic E-state index is 8.98. The Hall–Kier alpha value is -0.890. The summed E-state index contributed by atoms with van der Waals surface area (Å²) in [5.74, 6) is 0. The van der Waals surface area contributed by atoms with Crippen molar-refractivity contribution in [3.8, 4) is 0 Å². The zero-order chi connectivity index (χ0) is 14.7. The lowest BCUT2D eigenvalue weighted by atomic mass is 9.87. The van der Waals surface area contributed by atoms with Crippen molar-refractivity contribution < 1.29 is 34.0 Å². The SMILES string of the molecule is CC1(C)CN(CCO)c2ccccc21.[O-][Cl+3]([O-])([O-])O. The average Bonchev–Trinajstić information content (AvgIpc) is 2.50. The fraction of sp³-hybridized carbons (Fsp3) is 0.500. The standard InChI is InChI=1S/C12H17NO.ClHO4/c1-12(2)9-13(7-8-14)11-6-4-3-5-10(11)12;2-1(3,4)5/h3-6,14H,7-9H2,1-2H3;(H,2,3,4,5). The first-order chi connectivity index (χ1) is 8.65. The number of hydrogen-bond acceptors (Lipinski definition) is 6. The molecule has 0 aromatic heterocycles. The van der Waals surface area contributed by atoms with E-state index in [1.54, 1.807) is 0 Å². The van der Waals surface area contributed by atoms with E-state index in [2.05, 4.69) is 43.0 Å². The molecule has 0 saturated carbocycles. The summed E-state index contributed by atoms with van der Waals surface area (Å²) in [4.78, 5) is 2.26. The van der Waals surface area contributed by atoms with Gasteiger partial charge in [-0.1, -0.05) is 32.0 Å². The Balaban J connectivity index is 0.000000312. The summed E-state index contributed by atoms with van der Waals surface area (Å²) < 4.78 is 32.7. The summed E-state index contributed by atoms with van der Waals surface area (Å²) in [6.07, 6.45) is 0. The molecule has 0 bridgehead atoms. The maximum Gasteiger partial charge on any atom is 0.0777 e. The van der Waals surface area contributed by atoms with Crippen molar-refractivity contribution in [3.05, 3.63) is 29.8 Å². The second kappa shape index (κ2) is 6.04. The van der Waals surface area contributed by atoms with Crippen LogP contribution < -0.4 is 18.9 Å². The van der Waals surface area contributed by atoms with Gasteiger partial charge in [-0.15, -0.1) is 0 Å². The number of benzene rings is 1. The van der Waals surface area contributed by atoms with E-state index in [1.807, 2.05) is 0 Å². The molecule has 108 valence electrons. The zero-order valence-electron chi connectivity index (χ0n) is 10.9. The number of halogens is 1. The van der Waals surface area contributed by atoms with Crippen molar-refractivity contribution in [2.45, 2.75) is 19.3 Å². The first-order valence-electron chi connectivity index (χ1n) is 5.74. The minimum atomic E-state index is -4.69. The van der Waals surface area contributed by atoms with Crippen LogP contribution in [0.25, 0.3) is 0 Å². The molecule has 0 spiro atoms. The molecule has 0 unspecified atom stereocenters. The summed E-state index contributed by atoms with van der Waals surface area (Å²) in [5, 5.41) is 8.98. The van der Waals surface area contributed by atoms with Gasteiger partial charge in [0.05, 0.1) is 21.5 Å². The number of anilines is 1. The van der Waals surface area contributed by atoms with Crippen LogP contribution in [0.2, 0.25) is 0 Å². The summed E-state index contributed by atoms with van der Waals surface area (Å²) in [7, 11) is -4.69. The van der Waals surface area contributed by atoms with Crippen molar-refractivity contribution in [2.75, 3.05) is 24.6 Å². The molecule has 2 N–H and O–H groups in total. The van der Waals surface area contributed by atoms with Gasteiger partial charge in [-0.2, -0.15) is 14.0 Å². The minimum Gasteiger partial charge on any atom is -0.395 e. The van der Waals surface area contributed by atoms with Crippen LogP contribution in [0.3, 0.4) is 0 Å². The fourth-order valence-corrected chi connectivity index (χ4v) is 2.29. The lowest BCUT2D eigenvalue weighted by molar-refractivity contribution is -1.92. The van der Waals surface area contributed by atoms with Gasteiger partial charge < -0.3 is 10.0 Å². The van der Waals surface area contributed by atoms with E-state index in [0.717, 1.165) is 13.1 Å². The van der Waals surface area contributed by atoms with Crippen LogP contribution in [0.1, 0.15) is 19.4 Å². The van der Waals surface area contributed by atoms with Gasteiger partial charge in [0.25, 0.3) is 0 Å². The number of aliphatic hydroxyl groups excluding tert-OH is 1. The smallest absolute Gasteiger partial charge is 0.0777 e. The highest BCUT2D eigenvalue weighted by Gasteiger charge is 2.33. The number of hydrogen-bond donors (Lipinski definition) is 2. The molecule has 0 aliphatic carbocycles. The van der Waals surface area contributed by atoms with Crippen LogP contribution in [0, 0.1) is 10.2 Å². The van der Waals surface area contributed by atoms with Gasteiger partial charge in [0.1, 0.15) is 0 Å². The van der Waals surface area contributed by atoms with Crippen molar-refractivity contribution in [2.24, 2.45) is 0 Å². The Kier molecular flexibility index (Phi) is 5.14. The Labute approximate surface area is 114 Å². The van der Waals surface area contributed by atoms with Gasteiger partial charge >= 0.3 is 0 Å². The molecule has 19 heavy (non-hydrogen) atoms. The van der Waals surface area contributed by atoms with E-state index >= 15 is 0 Å². The van der Waals surface area contributed by atoms with Crippen LogP contribution in [-0.4, -0.2) is 29.5 Å². The van der Waals surface area contributed by atoms with Crippen molar-refractivity contribution >= 4 is 5.69 Å². The monoisotopic (exact) mass is 291 g/mol. The second-order valence-electron chi connectivity index (χ2n) is 4.94. The predicted octanol–water partition coefficient (Wildman–Crippen LogP) is -2.35. The Morgan fingerprint density at radius 1 is 1.26 bits per heavy atom. The van der Waals surface area contributed by atoms with Gasteiger partial charge in [-0.3, -0.25) is 0 Å². The third-order valence-electron chi connectivity index (χ3n) is 2.93. The highest BCUT2D eigenvalue weighted by atomic mass is 35.7. The molecule has 0 fully saturated rings. The number of rotatable bonds is 2. The van der Waals surface area contributed by atoms with Crippen molar-refractivity contribution in [1.29, 1.82) is 0 Å². The molecule has 1 aliphatic heterocycles. The molecule has 0 amide bonds. The molecular formula is C12H18ClNO5. The minimum absolute atomic E-state index is 0.214. The summed E-state index contributed by atoms with van der Waals surface area (Å²) in [6.45, 7) is 6.48. The van der Waals surface area contributed by atoms with Crippen LogP contribution >= 0.6 is 0 Å². The topological polar surface area (TPSA) is 113 Å². The van der Waals surface area contributed by atoms with E-state index < -0.39 is 10.2 Å². The van der Waals surface area contributed by atoms with E-state index in [0.29, 0.717) is 0 Å². The highest BCUT2D eigenvalue weighted by Crippen LogP contribution is 2.39. The quantitative estimate of drug-likeness (QED) is 0.631. The summed E-state index contributed by atoms with van der Waals surface area (Å²) in [5.41, 5.74) is 2.89. The molecule has 0 radical (unpaired) electrons. The van der Waals surface area contributed by atoms with Crippen molar-refractivity contribution in [1.82, 2.24) is 0 Å². The fourth-order valence-electron chi connectivity index (χ4n) is 2.29. The third kappa shape index (κ3) is 4.94. The van der Waals surface area contributed by atoms with E-state index in [9.17, 15) is 0 Å². The first kappa shape index (κ1) is 16.2. The molecule has 1 heterocycles. The molecule has 6 nitrogen and oxygen atoms in total. The van der Waals surface area contributed by atoms with Crippen molar-refractivity contribution in [3.63, 3.8) is 0 Å². The van der Waals surface area contributed by atoms with Gasteiger partial charge in [0.2, 0.25) is 0 Å². The largest absolute Gasteiger partial charge is 0.395 e. The Morgan fingerprint density at radius 2 is 1.79 bits per heavy atom. The van der Waals surface area contributed by atoms with Crippen LogP contribution in [-0.2, 0) is 5.41 Å². The average molecular weight is 292 g/mol. The normalized spacial score (nSPS) is 16.7. The molecular weight excluding hydrogens is 274 g/mol. The van der Waals surface area contributed by atoms with Gasteiger partial charge in [0.15, 0.2) is 0 Å². The highest BCUT2D eigenvalue weighted by molar-refractivity contribution is 5.61.